The second kappa shape index (κ2) is 7.21. The van der Waals surface area contributed by atoms with Crippen molar-refractivity contribution in [2.75, 3.05) is 18.4 Å². The number of benzene rings is 1. The Hall–Kier alpha value is -1.83. The molecule has 2 aliphatic heterocycles. The normalized spacial score (nSPS) is 23.2. The number of nitrogens with zero attached hydrogens (tertiary/aromatic N) is 2. The van der Waals surface area contributed by atoms with Crippen molar-refractivity contribution in [2.45, 2.75) is 56.8 Å². The van der Waals surface area contributed by atoms with Crippen LogP contribution in [0.3, 0.4) is 0 Å². The first kappa shape index (κ1) is 19.5. The molecule has 2 aromatic rings. The smallest absolute Gasteiger partial charge is 0.244 e. The first-order valence-corrected chi connectivity index (χ1v) is 11.5. The molecular weight excluding hydrogens is 372 g/mol. The zero-order valence-corrected chi connectivity index (χ0v) is 17.7. The number of sulfonamides is 1. The molecule has 0 unspecified atom stereocenters. The number of hydrogen-bond donors (Lipinski definition) is 2. The van der Waals surface area contributed by atoms with E-state index >= 15 is 0 Å². The van der Waals surface area contributed by atoms with Crippen molar-refractivity contribution in [3.05, 3.63) is 48.3 Å². The maximum absolute atomic E-state index is 12.6. The van der Waals surface area contributed by atoms with Gasteiger partial charge in [0.05, 0.1) is 11.9 Å². The monoisotopic (exact) mass is 402 g/mol. The molecule has 0 bridgehead atoms. The molecule has 0 aliphatic carbocycles. The van der Waals surface area contributed by atoms with E-state index in [1.54, 1.807) is 12.1 Å². The third kappa shape index (κ3) is 3.97. The molecule has 1 atom stereocenters. The van der Waals surface area contributed by atoms with E-state index in [-0.39, 0.29) is 11.7 Å². The molecule has 1 aromatic heterocycles. The van der Waals surface area contributed by atoms with E-state index in [2.05, 4.69) is 58.7 Å². The van der Waals surface area contributed by atoms with Crippen LogP contribution in [0.1, 0.15) is 39.2 Å². The van der Waals surface area contributed by atoms with Gasteiger partial charge in [0.2, 0.25) is 10.0 Å². The van der Waals surface area contributed by atoms with Crippen LogP contribution in [0.25, 0.3) is 0 Å². The first-order chi connectivity index (χ1) is 13.2. The van der Waals surface area contributed by atoms with Crippen molar-refractivity contribution < 1.29 is 8.42 Å². The Morgan fingerprint density at radius 3 is 2.50 bits per heavy atom. The van der Waals surface area contributed by atoms with Crippen molar-refractivity contribution in [1.29, 1.82) is 0 Å². The molecule has 2 N–H and O–H groups in total. The molecular formula is C21H30N4O2S. The van der Waals surface area contributed by atoms with Crippen molar-refractivity contribution in [3.8, 4) is 0 Å². The average Bonchev–Trinajstić information content (AvgIpc) is 3.11. The summed E-state index contributed by atoms with van der Waals surface area (Å²) >= 11 is 0. The van der Waals surface area contributed by atoms with Gasteiger partial charge in [0.1, 0.15) is 4.90 Å². The van der Waals surface area contributed by atoms with Crippen LogP contribution in [0, 0.1) is 5.92 Å². The van der Waals surface area contributed by atoms with Gasteiger partial charge < -0.3 is 9.88 Å². The molecule has 152 valence electrons. The van der Waals surface area contributed by atoms with Gasteiger partial charge >= 0.3 is 0 Å². The Morgan fingerprint density at radius 1 is 1.11 bits per heavy atom. The lowest BCUT2D eigenvalue weighted by Gasteiger charge is -2.38. The van der Waals surface area contributed by atoms with Crippen LogP contribution in [0.5, 0.6) is 0 Å². The van der Waals surface area contributed by atoms with Crippen molar-refractivity contribution in [3.63, 3.8) is 0 Å². The van der Waals surface area contributed by atoms with Crippen LogP contribution in [-0.2, 0) is 22.1 Å². The SMILES string of the molecule is CC(C)(C)n1ccc(CN2CCC([C@@H]3Nc4ccccc4S(=O)(=O)N3)CC2)c1. The third-order valence-electron chi connectivity index (χ3n) is 5.81. The lowest BCUT2D eigenvalue weighted by atomic mass is 9.93. The predicted octanol–water partition coefficient (Wildman–Crippen LogP) is 3.19. The number of para-hydroxylation sites is 1. The number of likely N-dealkylation sites (tertiary alicyclic amines) is 1. The van der Waals surface area contributed by atoms with Gasteiger partial charge in [-0.25, -0.2) is 8.42 Å². The van der Waals surface area contributed by atoms with Gasteiger partial charge in [-0.05, 0) is 76.4 Å². The van der Waals surface area contributed by atoms with E-state index in [0.29, 0.717) is 16.5 Å². The summed E-state index contributed by atoms with van der Waals surface area (Å²) < 4.78 is 30.2. The largest absolute Gasteiger partial charge is 0.368 e. The summed E-state index contributed by atoms with van der Waals surface area (Å²) in [5.41, 5.74) is 2.14. The topological polar surface area (TPSA) is 66.4 Å². The molecule has 0 spiro atoms. The van der Waals surface area contributed by atoms with E-state index in [1.165, 1.54) is 5.56 Å². The Balaban J connectivity index is 1.37. The molecule has 1 saturated heterocycles. The van der Waals surface area contributed by atoms with E-state index in [0.717, 1.165) is 32.5 Å². The van der Waals surface area contributed by atoms with Crippen LogP contribution in [0.4, 0.5) is 5.69 Å². The van der Waals surface area contributed by atoms with Crippen LogP contribution in [-0.4, -0.2) is 37.1 Å². The summed E-state index contributed by atoms with van der Waals surface area (Å²) in [5, 5.41) is 3.39. The number of anilines is 1. The number of hydrogen-bond acceptors (Lipinski definition) is 4. The fraction of sp³-hybridized carbons (Fsp3) is 0.524. The number of aromatic nitrogens is 1. The lowest BCUT2D eigenvalue weighted by Crippen LogP contribution is -2.51. The summed E-state index contributed by atoms with van der Waals surface area (Å²) in [4.78, 5) is 2.80. The van der Waals surface area contributed by atoms with Crippen LogP contribution >= 0.6 is 0 Å². The number of fused-ring (bicyclic) bond motifs is 1. The van der Waals surface area contributed by atoms with E-state index < -0.39 is 10.0 Å². The van der Waals surface area contributed by atoms with Gasteiger partial charge in [0, 0.05) is 24.5 Å². The van der Waals surface area contributed by atoms with Gasteiger partial charge in [0.15, 0.2) is 0 Å². The summed E-state index contributed by atoms with van der Waals surface area (Å²) in [7, 11) is -3.44. The molecule has 0 saturated carbocycles. The average molecular weight is 403 g/mol. The van der Waals surface area contributed by atoms with E-state index in [9.17, 15) is 8.42 Å². The van der Waals surface area contributed by atoms with Crippen LogP contribution in [0.2, 0.25) is 0 Å². The summed E-state index contributed by atoms with van der Waals surface area (Å²) in [5.74, 6) is 0.290. The highest BCUT2D eigenvalue weighted by Crippen LogP contribution is 2.31. The van der Waals surface area contributed by atoms with Crippen LogP contribution in [0.15, 0.2) is 47.6 Å². The highest BCUT2D eigenvalue weighted by atomic mass is 32.2. The summed E-state index contributed by atoms with van der Waals surface area (Å²) in [6.45, 7) is 9.53. The van der Waals surface area contributed by atoms with Gasteiger partial charge in [-0.15, -0.1) is 0 Å². The molecule has 1 fully saturated rings. The highest BCUT2D eigenvalue weighted by molar-refractivity contribution is 7.89. The molecule has 0 amide bonds. The Kier molecular flexibility index (Phi) is 5.02. The van der Waals surface area contributed by atoms with Crippen molar-refractivity contribution in [1.82, 2.24) is 14.2 Å². The van der Waals surface area contributed by atoms with Gasteiger partial charge in [-0.3, -0.25) is 4.90 Å². The maximum atomic E-state index is 12.6. The molecule has 2 aliphatic rings. The Bertz CT molecular complexity index is 937. The van der Waals surface area contributed by atoms with Gasteiger partial charge in [0.25, 0.3) is 0 Å². The summed E-state index contributed by atoms with van der Waals surface area (Å²) in [6, 6.07) is 9.32. The first-order valence-electron chi connectivity index (χ1n) is 10.00. The highest BCUT2D eigenvalue weighted by Gasteiger charge is 2.35. The minimum absolute atomic E-state index is 0.103. The Labute approximate surface area is 168 Å². The van der Waals surface area contributed by atoms with E-state index in [1.807, 2.05) is 12.1 Å². The molecule has 6 nitrogen and oxygen atoms in total. The number of rotatable bonds is 3. The maximum Gasteiger partial charge on any atom is 0.244 e. The zero-order chi connectivity index (χ0) is 19.9. The number of nitrogens with one attached hydrogen (secondary N) is 2. The minimum atomic E-state index is -3.44. The van der Waals surface area contributed by atoms with Gasteiger partial charge in [-0.2, -0.15) is 4.72 Å². The van der Waals surface area contributed by atoms with Crippen LogP contribution < -0.4 is 10.0 Å². The predicted molar refractivity (Wildman–Crippen MR) is 112 cm³/mol. The molecule has 1 aromatic carbocycles. The Morgan fingerprint density at radius 2 is 1.82 bits per heavy atom. The fourth-order valence-corrected chi connectivity index (χ4v) is 5.50. The van der Waals surface area contributed by atoms with E-state index in [4.69, 9.17) is 0 Å². The third-order valence-corrected chi connectivity index (χ3v) is 7.31. The molecule has 4 rings (SSSR count). The lowest BCUT2D eigenvalue weighted by molar-refractivity contribution is 0.163. The summed E-state index contributed by atoms with van der Waals surface area (Å²) in [6.07, 6.45) is 6.11. The number of piperidine rings is 1. The van der Waals surface area contributed by atoms with Crippen molar-refractivity contribution >= 4 is 15.7 Å². The second-order valence-electron chi connectivity index (χ2n) is 8.95. The van der Waals surface area contributed by atoms with Gasteiger partial charge in [-0.1, -0.05) is 12.1 Å². The second-order valence-corrected chi connectivity index (χ2v) is 10.6. The minimum Gasteiger partial charge on any atom is -0.368 e. The molecule has 0 radical (unpaired) electrons. The quantitative estimate of drug-likeness (QED) is 0.828. The molecule has 7 heteroatoms. The van der Waals surface area contributed by atoms with Crippen molar-refractivity contribution in [2.24, 2.45) is 5.92 Å². The standard InChI is InChI=1S/C21H30N4O2S/c1-21(2,3)25-13-8-16(15-25)14-24-11-9-17(10-12-24)20-22-18-6-4-5-7-19(18)28(26,27)23-20/h4-8,13,15,17,20,22-23H,9-12,14H2,1-3H3/t20-/m1/s1. The fourth-order valence-electron chi connectivity index (χ4n) is 4.12. The molecule has 28 heavy (non-hydrogen) atoms. The molecule has 3 heterocycles. The zero-order valence-electron chi connectivity index (χ0n) is 16.9.